The van der Waals surface area contributed by atoms with Crippen LogP contribution in [0.3, 0.4) is 0 Å². The molecule has 58 heavy (non-hydrogen) atoms. The Hall–Kier alpha value is -7.26. The highest BCUT2D eigenvalue weighted by atomic mass is 32.1. The van der Waals surface area contributed by atoms with Crippen molar-refractivity contribution in [2.24, 2.45) is 0 Å². The maximum Gasteiger partial charge on any atom is 0.0540 e. The summed E-state index contributed by atoms with van der Waals surface area (Å²) in [6, 6.07) is 82.0. The van der Waals surface area contributed by atoms with Gasteiger partial charge < -0.3 is 4.90 Å². The van der Waals surface area contributed by atoms with Gasteiger partial charge in [0.05, 0.1) is 5.69 Å². The molecule has 0 amide bonds. The molecule has 0 spiro atoms. The zero-order chi connectivity index (χ0) is 38.4. The lowest BCUT2D eigenvalue weighted by atomic mass is 9.95. The van der Waals surface area contributed by atoms with Gasteiger partial charge in [-0.2, -0.15) is 0 Å². The Morgan fingerprint density at radius 3 is 1.59 bits per heavy atom. The number of para-hydroxylation sites is 1. The summed E-state index contributed by atoms with van der Waals surface area (Å²) in [5.74, 6) is 0. The molecule has 10 aromatic carbocycles. The number of nitrogens with zero attached hydrogens (tertiary/aromatic N) is 1. The molecule has 1 heterocycles. The lowest BCUT2D eigenvalue weighted by Gasteiger charge is -2.28. The van der Waals surface area contributed by atoms with Crippen LogP contribution in [0.2, 0.25) is 0 Å². The second-order valence-corrected chi connectivity index (χ2v) is 16.0. The van der Waals surface area contributed by atoms with Crippen molar-refractivity contribution < 1.29 is 0 Å². The Morgan fingerprint density at radius 2 is 0.793 bits per heavy atom. The van der Waals surface area contributed by atoms with E-state index in [0.717, 1.165) is 17.1 Å². The van der Waals surface area contributed by atoms with Crippen molar-refractivity contribution in [1.82, 2.24) is 0 Å². The third-order valence-corrected chi connectivity index (χ3v) is 12.6. The first-order chi connectivity index (χ1) is 28.7. The van der Waals surface area contributed by atoms with Crippen LogP contribution in [0.1, 0.15) is 0 Å². The fraction of sp³-hybridized carbons (Fsp3) is 0. The first-order valence-electron chi connectivity index (χ1n) is 19.8. The van der Waals surface area contributed by atoms with Crippen LogP contribution in [0.5, 0.6) is 0 Å². The lowest BCUT2D eigenvalue weighted by Crippen LogP contribution is -2.11. The monoisotopic (exact) mass is 755 g/mol. The van der Waals surface area contributed by atoms with Crippen LogP contribution in [-0.4, -0.2) is 0 Å². The average Bonchev–Trinajstić information content (AvgIpc) is 3.67. The summed E-state index contributed by atoms with van der Waals surface area (Å²) in [4.78, 5) is 2.41. The van der Waals surface area contributed by atoms with Crippen molar-refractivity contribution in [2.45, 2.75) is 0 Å². The molecule has 1 nitrogen and oxygen atoms in total. The largest absolute Gasteiger partial charge is 0.310 e. The summed E-state index contributed by atoms with van der Waals surface area (Å²) in [5, 5.41) is 7.63. The van der Waals surface area contributed by atoms with Crippen LogP contribution < -0.4 is 4.90 Å². The minimum absolute atomic E-state index is 1.10. The highest BCUT2D eigenvalue weighted by Gasteiger charge is 2.19. The highest BCUT2D eigenvalue weighted by Crippen LogP contribution is 2.44. The topological polar surface area (TPSA) is 3.24 Å². The molecule has 0 unspecified atom stereocenters. The van der Waals surface area contributed by atoms with Gasteiger partial charge in [0, 0.05) is 37.1 Å². The number of hydrogen-bond donors (Lipinski definition) is 0. The molecule has 0 saturated carbocycles. The number of hydrogen-bond acceptors (Lipinski definition) is 2. The predicted molar refractivity (Wildman–Crippen MR) is 251 cm³/mol. The Kier molecular flexibility index (Phi) is 8.42. The second-order valence-electron chi connectivity index (χ2n) is 14.9. The number of benzene rings is 10. The third kappa shape index (κ3) is 6.12. The first-order valence-corrected chi connectivity index (χ1v) is 20.6. The molecule has 0 N–H and O–H groups in total. The van der Waals surface area contributed by atoms with Gasteiger partial charge >= 0.3 is 0 Å². The van der Waals surface area contributed by atoms with Crippen LogP contribution in [-0.2, 0) is 0 Å². The second kappa shape index (κ2) is 14.4. The first kappa shape index (κ1) is 34.0. The van der Waals surface area contributed by atoms with Crippen molar-refractivity contribution in [1.29, 1.82) is 0 Å². The van der Waals surface area contributed by atoms with Crippen molar-refractivity contribution in [3.63, 3.8) is 0 Å². The molecule has 11 aromatic rings. The maximum absolute atomic E-state index is 2.41. The van der Waals surface area contributed by atoms with E-state index in [2.05, 4.69) is 229 Å². The third-order valence-electron chi connectivity index (χ3n) is 11.5. The van der Waals surface area contributed by atoms with E-state index in [1.165, 1.54) is 86.2 Å². The summed E-state index contributed by atoms with van der Waals surface area (Å²) in [5.41, 5.74) is 13.0. The maximum atomic E-state index is 2.41. The minimum atomic E-state index is 1.10. The molecule has 0 aliphatic carbocycles. The van der Waals surface area contributed by atoms with Crippen molar-refractivity contribution in [2.75, 3.05) is 4.90 Å². The van der Waals surface area contributed by atoms with Gasteiger partial charge in [0.25, 0.3) is 0 Å². The fourth-order valence-corrected chi connectivity index (χ4v) is 9.69. The molecule has 0 atom stereocenters. The summed E-state index contributed by atoms with van der Waals surface area (Å²) in [6.07, 6.45) is 0. The summed E-state index contributed by atoms with van der Waals surface area (Å²) in [6.45, 7) is 0. The molecule has 0 bridgehead atoms. The summed E-state index contributed by atoms with van der Waals surface area (Å²) in [7, 11) is 0. The number of thiophene rings is 1. The van der Waals surface area contributed by atoms with E-state index in [1.807, 2.05) is 11.3 Å². The molecule has 0 radical (unpaired) electrons. The molecule has 0 fully saturated rings. The number of anilines is 3. The smallest absolute Gasteiger partial charge is 0.0540 e. The molecule has 0 saturated heterocycles. The lowest BCUT2D eigenvalue weighted by molar-refractivity contribution is 1.28. The van der Waals surface area contributed by atoms with E-state index < -0.39 is 0 Å². The van der Waals surface area contributed by atoms with Crippen LogP contribution in [0.25, 0.3) is 86.2 Å². The van der Waals surface area contributed by atoms with Crippen LogP contribution in [0.4, 0.5) is 17.1 Å². The van der Waals surface area contributed by atoms with E-state index in [9.17, 15) is 0 Å². The minimum Gasteiger partial charge on any atom is -0.310 e. The van der Waals surface area contributed by atoms with Crippen LogP contribution in [0.15, 0.2) is 224 Å². The quantitative estimate of drug-likeness (QED) is 0.157. The molecule has 11 rings (SSSR count). The molecule has 0 aliphatic heterocycles. The van der Waals surface area contributed by atoms with Crippen LogP contribution in [0, 0.1) is 0 Å². The zero-order valence-corrected chi connectivity index (χ0v) is 32.5. The van der Waals surface area contributed by atoms with Gasteiger partial charge in [0.1, 0.15) is 0 Å². The van der Waals surface area contributed by atoms with Gasteiger partial charge in [-0.25, -0.2) is 0 Å². The Balaban J connectivity index is 0.999. The average molecular weight is 756 g/mol. The van der Waals surface area contributed by atoms with Gasteiger partial charge in [-0.15, -0.1) is 11.3 Å². The highest BCUT2D eigenvalue weighted by molar-refractivity contribution is 7.25. The van der Waals surface area contributed by atoms with Crippen molar-refractivity contribution >= 4 is 70.1 Å². The summed E-state index contributed by atoms with van der Waals surface area (Å²) < 4.78 is 2.64. The molecule has 272 valence electrons. The molecule has 0 aliphatic rings. The van der Waals surface area contributed by atoms with E-state index in [-0.39, 0.29) is 0 Å². The molecular weight excluding hydrogens is 719 g/mol. The van der Waals surface area contributed by atoms with E-state index in [0.29, 0.717) is 0 Å². The molecular formula is C56H37NS. The van der Waals surface area contributed by atoms with Gasteiger partial charge in [-0.05, 0) is 115 Å². The molecule has 1 aromatic heterocycles. The number of fused-ring (bicyclic) bond motifs is 5. The zero-order valence-electron chi connectivity index (χ0n) is 31.7. The Labute approximate surface area is 342 Å². The van der Waals surface area contributed by atoms with Gasteiger partial charge in [0.2, 0.25) is 0 Å². The fourth-order valence-electron chi connectivity index (χ4n) is 8.54. The normalized spacial score (nSPS) is 11.4. The predicted octanol–water partition coefficient (Wildman–Crippen LogP) is 16.5. The Morgan fingerprint density at radius 1 is 0.276 bits per heavy atom. The number of rotatable bonds is 7. The molecule has 2 heteroatoms. The van der Waals surface area contributed by atoms with Gasteiger partial charge in [0.15, 0.2) is 0 Å². The van der Waals surface area contributed by atoms with Crippen molar-refractivity contribution in [3.8, 4) is 44.5 Å². The Bertz CT molecular complexity index is 3280. The standard InChI is InChI=1S/C56H37NS/c1-2-13-42-36-45(24-23-38(42)11-1)44-16-9-15-43(35-44)39-25-30-47(31-26-39)57(54-21-7-5-18-51(54)50-20-10-14-41-12-3-4-17-49(41)50)48-32-27-40(28-33-48)46-29-34-53-52-19-6-8-22-55(52)58-56(53)37-46/h1-37H. The van der Waals surface area contributed by atoms with Gasteiger partial charge in [-0.1, -0.05) is 170 Å². The summed E-state index contributed by atoms with van der Waals surface area (Å²) >= 11 is 1.86. The van der Waals surface area contributed by atoms with Crippen LogP contribution >= 0.6 is 11.3 Å². The van der Waals surface area contributed by atoms with E-state index >= 15 is 0 Å². The van der Waals surface area contributed by atoms with E-state index in [4.69, 9.17) is 0 Å². The SMILES string of the molecule is c1cc(-c2ccc(N(c3ccc(-c4ccc5c(c4)sc4ccccc45)cc3)c3ccccc3-c3cccc4ccccc34)cc2)cc(-c2ccc3ccccc3c2)c1. The van der Waals surface area contributed by atoms with Crippen molar-refractivity contribution in [3.05, 3.63) is 224 Å². The van der Waals surface area contributed by atoms with E-state index in [1.54, 1.807) is 0 Å². The van der Waals surface area contributed by atoms with Gasteiger partial charge in [-0.3, -0.25) is 0 Å².